The Morgan fingerprint density at radius 3 is 3.00 bits per heavy atom. The summed E-state index contributed by atoms with van der Waals surface area (Å²) < 4.78 is 0.961. The molecule has 114 valence electrons. The van der Waals surface area contributed by atoms with Gasteiger partial charge in [-0.15, -0.1) is 0 Å². The Kier molecular flexibility index (Phi) is 5.44. The van der Waals surface area contributed by atoms with Gasteiger partial charge in [0, 0.05) is 23.1 Å². The number of carbonyl (C=O) groups is 1. The number of hydrogen-bond acceptors (Lipinski definition) is 6. The number of nitrogens with two attached hydrogens (primary N) is 1. The van der Waals surface area contributed by atoms with Crippen molar-refractivity contribution in [3.63, 3.8) is 0 Å². The van der Waals surface area contributed by atoms with Gasteiger partial charge >= 0.3 is 0 Å². The number of aliphatic hydroxyl groups is 1. The van der Waals surface area contributed by atoms with Crippen molar-refractivity contribution in [2.24, 2.45) is 0 Å². The number of thiazole rings is 1. The van der Waals surface area contributed by atoms with Crippen LogP contribution in [0.1, 0.15) is 20.3 Å². The number of rotatable bonds is 6. The second kappa shape index (κ2) is 7.11. The fourth-order valence-corrected chi connectivity index (χ4v) is 3.54. The molecule has 2 unspecified atom stereocenters. The van der Waals surface area contributed by atoms with Crippen molar-refractivity contribution in [3.05, 3.63) is 18.2 Å². The van der Waals surface area contributed by atoms with Crippen LogP contribution in [0.15, 0.2) is 18.2 Å². The first-order valence-corrected chi connectivity index (χ1v) is 8.58. The van der Waals surface area contributed by atoms with Crippen LogP contribution in [0.3, 0.4) is 0 Å². The van der Waals surface area contributed by atoms with Crippen LogP contribution in [-0.4, -0.2) is 33.1 Å². The van der Waals surface area contributed by atoms with Gasteiger partial charge in [-0.2, -0.15) is 11.8 Å². The zero-order chi connectivity index (χ0) is 15.4. The molecule has 1 aromatic heterocycles. The maximum absolute atomic E-state index is 11.9. The van der Waals surface area contributed by atoms with Crippen LogP contribution in [-0.2, 0) is 4.79 Å². The minimum atomic E-state index is -0.368. The zero-order valence-corrected chi connectivity index (χ0v) is 13.6. The molecular weight excluding hydrogens is 306 g/mol. The molecule has 0 bridgehead atoms. The first kappa shape index (κ1) is 16.1. The Morgan fingerprint density at radius 1 is 1.52 bits per heavy atom. The average molecular weight is 325 g/mol. The summed E-state index contributed by atoms with van der Waals surface area (Å²) >= 11 is 3.00. The predicted molar refractivity (Wildman–Crippen MR) is 90.9 cm³/mol. The quantitative estimate of drug-likeness (QED) is 0.711. The van der Waals surface area contributed by atoms with Crippen LogP contribution >= 0.6 is 23.1 Å². The summed E-state index contributed by atoms with van der Waals surface area (Å²) in [4.78, 5) is 16.2. The average Bonchev–Trinajstić information content (AvgIpc) is 2.79. The van der Waals surface area contributed by atoms with E-state index < -0.39 is 0 Å². The molecular formula is C14H19N3O2S2. The van der Waals surface area contributed by atoms with Crippen LogP contribution in [0.2, 0.25) is 0 Å². The summed E-state index contributed by atoms with van der Waals surface area (Å²) in [5.74, 6) is 0.614. The van der Waals surface area contributed by atoms with Crippen molar-refractivity contribution in [1.29, 1.82) is 0 Å². The van der Waals surface area contributed by atoms with Crippen LogP contribution < -0.4 is 11.1 Å². The highest BCUT2D eigenvalue weighted by Crippen LogP contribution is 2.27. The van der Waals surface area contributed by atoms with E-state index in [4.69, 9.17) is 5.73 Å². The number of nitrogens with zero attached hydrogens (tertiary/aromatic N) is 1. The molecule has 2 rings (SSSR count). The molecule has 7 heteroatoms. The van der Waals surface area contributed by atoms with Crippen molar-refractivity contribution in [2.45, 2.75) is 31.6 Å². The van der Waals surface area contributed by atoms with Gasteiger partial charge in [0.05, 0.1) is 16.3 Å². The van der Waals surface area contributed by atoms with Gasteiger partial charge in [0.2, 0.25) is 5.91 Å². The predicted octanol–water partition coefficient (Wildman–Crippen LogP) is 2.71. The van der Waals surface area contributed by atoms with E-state index in [1.807, 2.05) is 19.1 Å². The maximum Gasteiger partial charge on any atom is 0.226 e. The van der Waals surface area contributed by atoms with Crippen molar-refractivity contribution in [3.8, 4) is 0 Å². The standard InChI is InChI=1S/C14H19N3O2S2/c1-8(18)9(2)20-6-5-13(19)17-14-16-11-4-3-10(15)7-12(11)21-14/h3-4,7-9,18H,5-6,15H2,1-2H3,(H,16,17,19). The summed E-state index contributed by atoms with van der Waals surface area (Å²) in [7, 11) is 0. The zero-order valence-electron chi connectivity index (χ0n) is 12.0. The van der Waals surface area contributed by atoms with E-state index in [9.17, 15) is 9.90 Å². The molecule has 0 radical (unpaired) electrons. The van der Waals surface area contributed by atoms with E-state index in [1.54, 1.807) is 24.8 Å². The topological polar surface area (TPSA) is 88.2 Å². The molecule has 0 aliphatic rings. The monoisotopic (exact) mass is 325 g/mol. The Hall–Kier alpha value is -1.31. The minimum absolute atomic E-state index is 0.0627. The molecule has 0 spiro atoms. The number of amides is 1. The molecule has 1 aromatic carbocycles. The summed E-state index contributed by atoms with van der Waals surface area (Å²) in [6.07, 6.45) is 0.0348. The second-order valence-electron chi connectivity index (χ2n) is 4.86. The van der Waals surface area contributed by atoms with Crippen molar-refractivity contribution in [1.82, 2.24) is 4.98 Å². The van der Waals surface area contributed by atoms with E-state index >= 15 is 0 Å². The molecule has 0 saturated carbocycles. The van der Waals surface area contributed by atoms with E-state index in [-0.39, 0.29) is 17.3 Å². The van der Waals surface area contributed by atoms with E-state index in [0.29, 0.717) is 23.0 Å². The lowest BCUT2D eigenvalue weighted by molar-refractivity contribution is -0.115. The number of benzene rings is 1. The van der Waals surface area contributed by atoms with Crippen LogP contribution in [0.4, 0.5) is 10.8 Å². The van der Waals surface area contributed by atoms with Crippen molar-refractivity contribution in [2.75, 3.05) is 16.8 Å². The highest BCUT2D eigenvalue weighted by molar-refractivity contribution is 7.99. The smallest absolute Gasteiger partial charge is 0.226 e. The van der Waals surface area contributed by atoms with E-state index in [2.05, 4.69) is 10.3 Å². The Labute approximate surface area is 131 Å². The Balaban J connectivity index is 1.86. The first-order chi connectivity index (χ1) is 9.95. The number of nitrogens with one attached hydrogen (secondary N) is 1. The van der Waals surface area contributed by atoms with Crippen LogP contribution in [0, 0.1) is 0 Å². The van der Waals surface area contributed by atoms with Gasteiger partial charge in [-0.1, -0.05) is 18.3 Å². The summed E-state index contributed by atoms with van der Waals surface area (Å²) in [6, 6.07) is 5.49. The van der Waals surface area contributed by atoms with E-state index in [0.717, 1.165) is 10.2 Å². The number of fused-ring (bicyclic) bond motifs is 1. The molecule has 0 aliphatic heterocycles. The van der Waals surface area contributed by atoms with E-state index in [1.165, 1.54) is 11.3 Å². The van der Waals surface area contributed by atoms with Crippen molar-refractivity contribution >= 4 is 50.0 Å². The summed E-state index contributed by atoms with van der Waals surface area (Å²) in [5, 5.41) is 12.9. The molecule has 4 N–H and O–H groups in total. The SMILES string of the molecule is CC(O)C(C)SCCC(=O)Nc1nc2ccc(N)cc2s1. The number of hydrogen-bond donors (Lipinski definition) is 3. The fraction of sp³-hybridized carbons (Fsp3) is 0.429. The number of thioether (sulfide) groups is 1. The molecule has 1 amide bonds. The largest absolute Gasteiger partial charge is 0.399 e. The molecule has 21 heavy (non-hydrogen) atoms. The normalized spacial score (nSPS) is 14.0. The number of anilines is 2. The minimum Gasteiger partial charge on any atom is -0.399 e. The fourth-order valence-electron chi connectivity index (χ4n) is 1.65. The lowest BCUT2D eigenvalue weighted by atomic mass is 10.3. The van der Waals surface area contributed by atoms with Gasteiger partial charge < -0.3 is 16.2 Å². The molecule has 0 saturated heterocycles. The third-order valence-electron chi connectivity index (χ3n) is 3.05. The van der Waals surface area contributed by atoms with Crippen LogP contribution in [0.5, 0.6) is 0 Å². The van der Waals surface area contributed by atoms with Crippen molar-refractivity contribution < 1.29 is 9.90 Å². The van der Waals surface area contributed by atoms with Gasteiger partial charge in [-0.3, -0.25) is 4.79 Å². The molecule has 1 heterocycles. The number of nitrogen functional groups attached to an aromatic ring is 1. The number of aromatic nitrogens is 1. The summed E-state index contributed by atoms with van der Waals surface area (Å²) in [6.45, 7) is 3.70. The van der Waals surface area contributed by atoms with Gasteiger partial charge in [0.15, 0.2) is 5.13 Å². The third kappa shape index (κ3) is 4.59. The van der Waals surface area contributed by atoms with Gasteiger partial charge in [0.1, 0.15) is 0 Å². The van der Waals surface area contributed by atoms with Crippen LogP contribution in [0.25, 0.3) is 10.2 Å². The maximum atomic E-state index is 11.9. The lowest BCUT2D eigenvalue weighted by Gasteiger charge is -2.13. The lowest BCUT2D eigenvalue weighted by Crippen LogP contribution is -2.17. The van der Waals surface area contributed by atoms with Gasteiger partial charge in [-0.05, 0) is 25.1 Å². The molecule has 0 fully saturated rings. The van der Waals surface area contributed by atoms with Gasteiger partial charge in [-0.25, -0.2) is 4.98 Å². The summed E-state index contributed by atoms with van der Waals surface area (Å²) in [5.41, 5.74) is 7.24. The Bertz CT molecular complexity index is 628. The highest BCUT2D eigenvalue weighted by Gasteiger charge is 2.11. The Morgan fingerprint density at radius 2 is 2.29 bits per heavy atom. The molecule has 0 aliphatic carbocycles. The first-order valence-electron chi connectivity index (χ1n) is 6.71. The molecule has 2 atom stereocenters. The number of aliphatic hydroxyl groups excluding tert-OH is 1. The number of carbonyl (C=O) groups excluding carboxylic acids is 1. The highest BCUT2D eigenvalue weighted by atomic mass is 32.2. The third-order valence-corrected chi connectivity index (χ3v) is 5.34. The van der Waals surface area contributed by atoms with Gasteiger partial charge in [0.25, 0.3) is 0 Å². The second-order valence-corrected chi connectivity index (χ2v) is 7.38. The molecule has 5 nitrogen and oxygen atoms in total. The molecule has 2 aromatic rings.